The van der Waals surface area contributed by atoms with E-state index in [0.717, 1.165) is 10.9 Å². The van der Waals surface area contributed by atoms with E-state index in [1.807, 2.05) is 0 Å². The minimum Gasteiger partial charge on any atom is -0.387 e. The van der Waals surface area contributed by atoms with Crippen LogP contribution in [0.15, 0.2) is 11.1 Å². The molecule has 11 atom stereocenters. The van der Waals surface area contributed by atoms with Crippen molar-refractivity contribution in [1.29, 1.82) is 0 Å². The van der Waals surface area contributed by atoms with Crippen LogP contribution in [-0.4, -0.2) is 117 Å². The Morgan fingerprint density at radius 1 is 1.05 bits per heavy atom. The van der Waals surface area contributed by atoms with Crippen LogP contribution in [0.3, 0.4) is 0 Å². The summed E-state index contributed by atoms with van der Waals surface area (Å²) in [7, 11) is -11.1. The van der Waals surface area contributed by atoms with Crippen LogP contribution in [0.5, 0.6) is 0 Å². The standard InChI is InChI=1S/C16H23N5O16P2/c17-16-19-12-6(13(28)20-16)18-3-21(12)14-10(26)8(24)5(34-14)2-33-38(29,30)37-39(31,32)36-15-11(27)9(25)7(23)4(1-22)35-15/h1,3-5,7-11,14-15,23-27H,2H2,(H,29,30)(H,31,32)(H3,17,19,20,28)/t4-,5-,7-,8-,9+,10-,11+,14-,15-/m1/s1. The van der Waals surface area contributed by atoms with Crippen LogP contribution in [0.25, 0.3) is 11.2 Å². The number of aldehydes is 1. The van der Waals surface area contributed by atoms with Crippen molar-refractivity contribution in [3.05, 3.63) is 16.7 Å². The van der Waals surface area contributed by atoms with Gasteiger partial charge < -0.3 is 55.3 Å². The molecule has 39 heavy (non-hydrogen) atoms. The number of carbonyl (C=O) groups excluding carboxylic acids is 1. The average Bonchev–Trinajstić information content (AvgIpc) is 3.38. The van der Waals surface area contributed by atoms with Crippen molar-refractivity contribution < 1.29 is 72.1 Å². The lowest BCUT2D eigenvalue weighted by molar-refractivity contribution is -0.266. The first-order chi connectivity index (χ1) is 18.1. The summed E-state index contributed by atoms with van der Waals surface area (Å²) in [4.78, 5) is 52.5. The Morgan fingerprint density at radius 2 is 1.74 bits per heavy atom. The van der Waals surface area contributed by atoms with Crippen molar-refractivity contribution in [2.45, 2.75) is 55.2 Å². The van der Waals surface area contributed by atoms with Gasteiger partial charge in [-0.05, 0) is 0 Å². The maximum Gasteiger partial charge on any atom is 0.483 e. The van der Waals surface area contributed by atoms with Crippen molar-refractivity contribution in [2.75, 3.05) is 12.3 Å². The fraction of sp³-hybridized carbons (Fsp3) is 0.625. The molecule has 10 N–H and O–H groups in total. The third-order valence-electron chi connectivity index (χ3n) is 5.65. The molecule has 0 radical (unpaired) electrons. The fourth-order valence-electron chi connectivity index (χ4n) is 3.77. The number of nitrogens with one attached hydrogen (secondary N) is 1. The summed E-state index contributed by atoms with van der Waals surface area (Å²) in [6.07, 6.45) is -15.6. The first kappa shape index (κ1) is 29.8. The van der Waals surface area contributed by atoms with E-state index in [1.165, 1.54) is 0 Å². The number of phosphoric ester groups is 2. The molecular formula is C16H23N5O16P2. The summed E-state index contributed by atoms with van der Waals surface area (Å²) >= 11 is 0. The van der Waals surface area contributed by atoms with Gasteiger partial charge >= 0.3 is 15.6 Å². The molecule has 0 aromatic carbocycles. The highest BCUT2D eigenvalue weighted by molar-refractivity contribution is 7.61. The lowest BCUT2D eigenvalue weighted by Crippen LogP contribution is -2.58. The first-order valence-electron chi connectivity index (χ1n) is 10.7. The molecule has 2 unspecified atom stereocenters. The Balaban J connectivity index is 1.40. The first-order valence-corrected chi connectivity index (χ1v) is 13.7. The highest BCUT2D eigenvalue weighted by Crippen LogP contribution is 2.61. The van der Waals surface area contributed by atoms with E-state index in [1.54, 1.807) is 0 Å². The second-order valence-electron chi connectivity index (χ2n) is 8.32. The highest BCUT2D eigenvalue weighted by atomic mass is 31.3. The van der Waals surface area contributed by atoms with Crippen LogP contribution in [0, 0.1) is 0 Å². The summed E-state index contributed by atoms with van der Waals surface area (Å²) in [6, 6.07) is 0. The van der Waals surface area contributed by atoms with E-state index in [9.17, 15) is 54.0 Å². The summed E-state index contributed by atoms with van der Waals surface area (Å²) in [5, 5.41) is 49.9. The van der Waals surface area contributed by atoms with Crippen molar-refractivity contribution in [1.82, 2.24) is 19.5 Å². The molecule has 2 aliphatic heterocycles. The fourth-order valence-corrected chi connectivity index (χ4v) is 5.93. The number of H-pyrrole nitrogens is 1. The van der Waals surface area contributed by atoms with Crippen LogP contribution in [0.1, 0.15) is 6.23 Å². The Morgan fingerprint density at radius 3 is 2.41 bits per heavy atom. The molecule has 4 rings (SSSR count). The molecule has 0 spiro atoms. The number of hydrogen-bond acceptors (Lipinski definition) is 17. The molecule has 0 saturated carbocycles. The number of nitrogens with zero attached hydrogens (tertiary/aromatic N) is 3. The van der Waals surface area contributed by atoms with Crippen LogP contribution >= 0.6 is 15.6 Å². The Hall–Kier alpha value is -2.20. The number of carbonyl (C=O) groups is 1. The number of aromatic nitrogens is 4. The van der Waals surface area contributed by atoms with Gasteiger partial charge in [0.25, 0.3) is 5.56 Å². The number of aliphatic hydroxyl groups is 5. The number of hydrogen-bond donors (Lipinski definition) is 9. The van der Waals surface area contributed by atoms with E-state index in [2.05, 4.69) is 28.3 Å². The normalized spacial score (nSPS) is 36.4. The van der Waals surface area contributed by atoms with Gasteiger partial charge in [0, 0.05) is 0 Å². The van der Waals surface area contributed by atoms with Crippen molar-refractivity contribution in [3.63, 3.8) is 0 Å². The van der Waals surface area contributed by atoms with Gasteiger partial charge in [-0.1, -0.05) is 0 Å². The number of anilines is 1. The van der Waals surface area contributed by atoms with Crippen LogP contribution in [0.4, 0.5) is 5.95 Å². The number of rotatable bonds is 9. The monoisotopic (exact) mass is 603 g/mol. The number of aromatic amines is 1. The molecule has 4 heterocycles. The van der Waals surface area contributed by atoms with Gasteiger partial charge in [0.15, 0.2) is 30.0 Å². The van der Waals surface area contributed by atoms with E-state index in [0.29, 0.717) is 0 Å². The topological polar surface area (TPSA) is 329 Å². The zero-order valence-corrected chi connectivity index (χ0v) is 21.0. The van der Waals surface area contributed by atoms with Gasteiger partial charge in [0.2, 0.25) is 5.95 Å². The number of aliphatic hydroxyl groups excluding tert-OH is 5. The number of ether oxygens (including phenoxy) is 2. The summed E-state index contributed by atoms with van der Waals surface area (Å²) in [5.74, 6) is -0.283. The summed E-state index contributed by atoms with van der Waals surface area (Å²) in [5.41, 5.74) is 4.52. The second kappa shape index (κ2) is 11.0. The van der Waals surface area contributed by atoms with E-state index >= 15 is 0 Å². The number of fused-ring (bicyclic) bond motifs is 1. The van der Waals surface area contributed by atoms with E-state index in [-0.39, 0.29) is 23.4 Å². The predicted octanol–water partition coefficient (Wildman–Crippen LogP) is -4.42. The minimum absolute atomic E-state index is 0.00355. The molecule has 23 heteroatoms. The molecular weight excluding hydrogens is 580 g/mol. The summed E-state index contributed by atoms with van der Waals surface area (Å²) < 4.78 is 48.8. The maximum atomic E-state index is 12.3. The number of nitrogens with two attached hydrogens (primary N) is 1. The zero-order chi connectivity index (χ0) is 28.9. The largest absolute Gasteiger partial charge is 0.483 e. The zero-order valence-electron chi connectivity index (χ0n) is 19.2. The molecule has 2 aliphatic rings. The molecule has 0 bridgehead atoms. The lowest BCUT2D eigenvalue weighted by atomic mass is 10.00. The number of imidazole rings is 1. The van der Waals surface area contributed by atoms with E-state index in [4.69, 9.17) is 15.2 Å². The van der Waals surface area contributed by atoms with Gasteiger partial charge in [-0.25, -0.2) is 14.1 Å². The van der Waals surface area contributed by atoms with Gasteiger partial charge in [-0.3, -0.25) is 23.4 Å². The highest BCUT2D eigenvalue weighted by Gasteiger charge is 2.49. The molecule has 21 nitrogen and oxygen atoms in total. The molecule has 0 aliphatic carbocycles. The van der Waals surface area contributed by atoms with Crippen LogP contribution < -0.4 is 11.3 Å². The van der Waals surface area contributed by atoms with Gasteiger partial charge in [-0.2, -0.15) is 9.29 Å². The lowest BCUT2D eigenvalue weighted by Gasteiger charge is -2.38. The molecule has 2 fully saturated rings. The Bertz CT molecular complexity index is 1370. The van der Waals surface area contributed by atoms with Crippen LogP contribution in [-0.2, 0) is 36.8 Å². The average molecular weight is 603 g/mol. The third kappa shape index (κ3) is 6.11. The maximum absolute atomic E-state index is 12.3. The third-order valence-corrected chi connectivity index (χ3v) is 8.25. The second-order valence-corrected chi connectivity index (χ2v) is 11.3. The summed E-state index contributed by atoms with van der Waals surface area (Å²) in [6.45, 7) is -1.01. The smallest absolute Gasteiger partial charge is 0.387 e. The quantitative estimate of drug-likeness (QED) is 0.0964. The van der Waals surface area contributed by atoms with Crippen molar-refractivity contribution in [2.24, 2.45) is 0 Å². The molecule has 2 aromatic rings. The van der Waals surface area contributed by atoms with Gasteiger partial charge in [0.1, 0.15) is 42.7 Å². The predicted molar refractivity (Wildman–Crippen MR) is 119 cm³/mol. The van der Waals surface area contributed by atoms with E-state index < -0.39 is 83.1 Å². The molecule has 2 aromatic heterocycles. The molecule has 2 saturated heterocycles. The number of phosphoric acid groups is 2. The SMILES string of the molecule is Nc1nc2c(ncn2[C@@H]2O[C@H](COP(=O)(O)OP(=O)(O)O[C@H]3O[C@H](C=O)[C@@H](O)[C@H](O)[C@@H]3O)[C@@H](O)[C@H]2O)c(=O)[nH]1. The molecule has 0 amide bonds. The van der Waals surface area contributed by atoms with Crippen LogP contribution in [0.2, 0.25) is 0 Å². The Kier molecular flexibility index (Phi) is 8.39. The minimum atomic E-state index is -5.63. The van der Waals surface area contributed by atoms with Crippen molar-refractivity contribution >= 4 is 39.0 Å². The van der Waals surface area contributed by atoms with Crippen molar-refractivity contribution in [3.8, 4) is 0 Å². The van der Waals surface area contributed by atoms with Gasteiger partial charge in [0.05, 0.1) is 12.9 Å². The molecule has 218 valence electrons. The number of nitrogen functional groups attached to an aromatic ring is 1. The Labute approximate surface area is 215 Å². The van der Waals surface area contributed by atoms with Gasteiger partial charge in [-0.15, -0.1) is 0 Å².